The number of rotatable bonds is 12. The molecule has 2 unspecified atom stereocenters. The van der Waals surface area contributed by atoms with E-state index in [1.54, 1.807) is 26.0 Å². The molecule has 0 bridgehead atoms. The quantitative estimate of drug-likeness (QED) is 0.250. The van der Waals surface area contributed by atoms with Gasteiger partial charge in [-0.2, -0.15) is 0 Å². The van der Waals surface area contributed by atoms with Crippen LogP contribution >= 0.6 is 0 Å². The van der Waals surface area contributed by atoms with E-state index in [4.69, 9.17) is 0 Å². The topological polar surface area (TPSA) is 92.0 Å². The minimum absolute atomic E-state index is 0.0837. The molecule has 1 aliphatic heterocycles. The lowest BCUT2D eigenvalue weighted by Crippen LogP contribution is -2.49. The van der Waals surface area contributed by atoms with Gasteiger partial charge < -0.3 is 9.67 Å². The van der Waals surface area contributed by atoms with Crippen molar-refractivity contribution in [1.82, 2.24) is 9.47 Å². The molecule has 1 aliphatic rings. The highest BCUT2D eigenvalue weighted by Crippen LogP contribution is 2.33. The number of benzene rings is 2. The maximum atomic E-state index is 15.5. The molecule has 1 aromatic heterocycles. The number of hydrogen-bond donors (Lipinski definition) is 1. The van der Waals surface area contributed by atoms with E-state index in [9.17, 15) is 28.3 Å². The van der Waals surface area contributed by atoms with Gasteiger partial charge in [0.25, 0.3) is 11.5 Å². The number of aryl methyl sites for hydroxylation is 3. The maximum Gasteiger partial charge on any atom is 0.304 e. The molecule has 2 atom stereocenters. The molecule has 0 aliphatic carbocycles. The van der Waals surface area contributed by atoms with Gasteiger partial charge in [0.15, 0.2) is 5.82 Å². The number of pyridine rings is 1. The normalized spacial score (nSPS) is 15.3. The zero-order valence-corrected chi connectivity index (χ0v) is 25.4. The van der Waals surface area contributed by atoms with Gasteiger partial charge in [-0.15, -0.1) is 0 Å². The average Bonchev–Trinajstić information content (AvgIpc) is 2.94. The van der Waals surface area contributed by atoms with Crippen molar-refractivity contribution >= 4 is 18.1 Å². The predicted molar refractivity (Wildman–Crippen MR) is 164 cm³/mol. The third-order valence-electron chi connectivity index (χ3n) is 8.10. The van der Waals surface area contributed by atoms with Crippen molar-refractivity contribution in [2.24, 2.45) is 4.99 Å². The van der Waals surface area contributed by atoms with Crippen molar-refractivity contribution in [2.75, 3.05) is 19.6 Å². The van der Waals surface area contributed by atoms with Crippen LogP contribution in [-0.4, -0.2) is 58.5 Å². The van der Waals surface area contributed by atoms with Crippen molar-refractivity contribution in [1.29, 1.82) is 0 Å². The molecule has 1 N–H and O–H groups in total. The number of carboxylic acid groups (broad SMARTS) is 1. The molecular weight excluding hydrogens is 571 g/mol. The fourth-order valence-corrected chi connectivity index (χ4v) is 5.78. The lowest BCUT2D eigenvalue weighted by molar-refractivity contribution is -0.137. The zero-order chi connectivity index (χ0) is 32.1. The Morgan fingerprint density at radius 3 is 2.39 bits per heavy atom. The molecule has 7 nitrogen and oxygen atoms in total. The van der Waals surface area contributed by atoms with Crippen LogP contribution < -0.4 is 5.56 Å². The standard InChI is InChI=1S/C34H38F3N3O4/c1-5-7-29(40-17-23(13-28(36)34(40)44)10-11-39-18-26(35)19-39)33(43)38-16-25(15-30(41)42)27-14-24(12-22(4)32(27)37)31-20(2)8-6-9-21(31)3/h6,8-9,12-14,16-17,25-26,29H,5,7,10-11,15,18-19H2,1-4H3,(H,41,42). The molecule has 0 saturated carbocycles. The van der Waals surface area contributed by atoms with Crippen LogP contribution in [0, 0.1) is 32.4 Å². The number of hydrogen-bond acceptors (Lipinski definition) is 4. The summed E-state index contributed by atoms with van der Waals surface area (Å²) in [6.07, 6.45) is 2.15. The summed E-state index contributed by atoms with van der Waals surface area (Å²) in [6.45, 7) is 8.36. The van der Waals surface area contributed by atoms with Crippen LogP contribution in [0.1, 0.15) is 66.0 Å². The van der Waals surface area contributed by atoms with Crippen molar-refractivity contribution in [3.05, 3.63) is 92.4 Å². The number of alkyl halides is 1. The van der Waals surface area contributed by atoms with Crippen molar-refractivity contribution in [3.8, 4) is 11.1 Å². The lowest BCUT2D eigenvalue weighted by atomic mass is 9.88. The van der Waals surface area contributed by atoms with Gasteiger partial charge in [-0.25, -0.2) is 18.2 Å². The fourth-order valence-electron chi connectivity index (χ4n) is 5.78. The number of halogens is 3. The Morgan fingerprint density at radius 1 is 1.09 bits per heavy atom. The van der Waals surface area contributed by atoms with Gasteiger partial charge in [0.1, 0.15) is 18.0 Å². The van der Waals surface area contributed by atoms with Crippen molar-refractivity contribution in [2.45, 2.75) is 71.5 Å². The van der Waals surface area contributed by atoms with E-state index in [1.807, 2.05) is 36.9 Å². The third-order valence-corrected chi connectivity index (χ3v) is 8.10. The number of aliphatic carboxylic acids is 1. The Labute approximate surface area is 255 Å². The minimum Gasteiger partial charge on any atom is -0.481 e. The Kier molecular flexibility index (Phi) is 10.6. The van der Waals surface area contributed by atoms with Gasteiger partial charge in [-0.1, -0.05) is 31.5 Å². The van der Waals surface area contributed by atoms with E-state index in [0.717, 1.165) is 33.5 Å². The molecule has 3 aromatic rings. The highest BCUT2D eigenvalue weighted by Gasteiger charge is 2.27. The summed E-state index contributed by atoms with van der Waals surface area (Å²) in [6, 6.07) is 9.08. The SMILES string of the molecule is CCCC(C(=O)N=CC(CC(=O)O)c1cc(-c2c(C)cccc2C)cc(C)c1F)n1cc(CCN2CC(F)C2)cc(F)c1=O. The Bertz CT molecular complexity index is 1610. The second-order valence-electron chi connectivity index (χ2n) is 11.6. The number of amides is 1. The molecule has 1 amide bonds. The average molecular weight is 610 g/mol. The molecule has 2 aromatic carbocycles. The number of likely N-dealkylation sites (tertiary alicyclic amines) is 1. The number of carbonyl (C=O) groups is 2. The smallest absolute Gasteiger partial charge is 0.304 e. The van der Waals surface area contributed by atoms with Gasteiger partial charge in [0.05, 0.1) is 6.42 Å². The van der Waals surface area contributed by atoms with E-state index in [-0.39, 0.29) is 12.0 Å². The first-order valence-corrected chi connectivity index (χ1v) is 14.8. The summed E-state index contributed by atoms with van der Waals surface area (Å²) in [7, 11) is 0. The van der Waals surface area contributed by atoms with Gasteiger partial charge in [0, 0.05) is 38.0 Å². The zero-order valence-electron chi connectivity index (χ0n) is 25.4. The number of aromatic nitrogens is 1. The van der Waals surface area contributed by atoms with E-state index in [1.165, 1.54) is 6.20 Å². The molecule has 2 heterocycles. The molecule has 10 heteroatoms. The highest BCUT2D eigenvalue weighted by atomic mass is 19.1. The summed E-state index contributed by atoms with van der Waals surface area (Å²) in [4.78, 5) is 44.0. The Balaban J connectivity index is 1.67. The summed E-state index contributed by atoms with van der Waals surface area (Å²) in [5.74, 6) is -4.68. The molecule has 1 saturated heterocycles. The summed E-state index contributed by atoms with van der Waals surface area (Å²) in [5.41, 5.74) is 3.47. The van der Waals surface area contributed by atoms with Gasteiger partial charge in [-0.3, -0.25) is 19.3 Å². The third kappa shape index (κ3) is 7.53. The fraction of sp³-hybridized carbons (Fsp3) is 0.412. The van der Waals surface area contributed by atoms with Crippen LogP contribution in [0.25, 0.3) is 11.1 Å². The minimum atomic E-state index is -1.21. The van der Waals surface area contributed by atoms with Gasteiger partial charge in [0.2, 0.25) is 0 Å². The van der Waals surface area contributed by atoms with Crippen LogP contribution in [0.15, 0.2) is 52.4 Å². The first kappa shape index (κ1) is 32.9. The second-order valence-corrected chi connectivity index (χ2v) is 11.6. The molecule has 234 valence electrons. The lowest BCUT2D eigenvalue weighted by Gasteiger charge is -2.34. The highest BCUT2D eigenvalue weighted by molar-refractivity contribution is 5.91. The largest absolute Gasteiger partial charge is 0.481 e. The van der Waals surface area contributed by atoms with Crippen LogP contribution in [0.3, 0.4) is 0 Å². The molecule has 0 radical (unpaired) electrons. The van der Waals surface area contributed by atoms with E-state index in [2.05, 4.69) is 4.99 Å². The van der Waals surface area contributed by atoms with Crippen molar-refractivity contribution in [3.63, 3.8) is 0 Å². The summed E-state index contributed by atoms with van der Waals surface area (Å²) < 4.78 is 44.5. The number of carboxylic acids is 1. The van der Waals surface area contributed by atoms with Crippen LogP contribution in [0.2, 0.25) is 0 Å². The van der Waals surface area contributed by atoms with Crippen molar-refractivity contribution < 1.29 is 27.9 Å². The Hall–Kier alpha value is -4.05. The molecule has 0 spiro atoms. The molecule has 4 rings (SSSR count). The first-order chi connectivity index (χ1) is 20.9. The van der Waals surface area contributed by atoms with Crippen LogP contribution in [0.5, 0.6) is 0 Å². The molecule has 1 fully saturated rings. The summed E-state index contributed by atoms with van der Waals surface area (Å²) in [5, 5.41) is 9.66. The van der Waals surface area contributed by atoms with Gasteiger partial charge >= 0.3 is 5.97 Å². The van der Waals surface area contributed by atoms with Crippen LogP contribution in [-0.2, 0) is 16.0 Å². The number of nitrogens with zero attached hydrogens (tertiary/aromatic N) is 3. The first-order valence-electron chi connectivity index (χ1n) is 14.8. The molecule has 44 heavy (non-hydrogen) atoms. The second kappa shape index (κ2) is 14.2. The van der Waals surface area contributed by atoms with E-state index >= 15 is 4.39 Å². The Morgan fingerprint density at radius 2 is 1.77 bits per heavy atom. The van der Waals surface area contributed by atoms with Gasteiger partial charge in [-0.05, 0) is 90.8 Å². The van der Waals surface area contributed by atoms with E-state index < -0.39 is 53.6 Å². The maximum absolute atomic E-state index is 15.5. The van der Waals surface area contributed by atoms with E-state index in [0.29, 0.717) is 49.2 Å². The monoisotopic (exact) mass is 609 g/mol. The molecular formula is C34H38F3N3O4. The number of carbonyl (C=O) groups excluding carboxylic acids is 1. The predicted octanol–water partition coefficient (Wildman–Crippen LogP) is 6.11. The summed E-state index contributed by atoms with van der Waals surface area (Å²) >= 11 is 0. The number of aliphatic imine (C=N–C) groups is 1. The van der Waals surface area contributed by atoms with Crippen LogP contribution in [0.4, 0.5) is 13.2 Å².